The molecule has 1 nitrogen and oxygen atoms in total. The van der Waals surface area contributed by atoms with Crippen LogP contribution in [0.4, 0.5) is 26.3 Å². The molecule has 0 aromatic heterocycles. The predicted octanol–water partition coefficient (Wildman–Crippen LogP) is 7.16. The first-order valence-electron chi connectivity index (χ1n) is 9.82. The molecular weight excluding hydrogens is 370 g/mol. The minimum Gasteiger partial charge on any atom is -0.381 e. The van der Waals surface area contributed by atoms with Crippen LogP contribution >= 0.6 is 0 Å². The van der Waals surface area contributed by atoms with Gasteiger partial charge in [-0.3, -0.25) is 0 Å². The fraction of sp³-hybridized carbons (Fsp3) is 1.00. The van der Waals surface area contributed by atoms with E-state index in [1.165, 1.54) is 13.8 Å². The molecule has 1 unspecified atom stereocenters. The van der Waals surface area contributed by atoms with Gasteiger partial charge in [-0.25, -0.2) is 0 Å². The Bertz CT molecular complexity index is 504. The van der Waals surface area contributed by atoms with E-state index in [1.54, 1.807) is 0 Å². The van der Waals surface area contributed by atoms with E-state index in [4.69, 9.17) is 4.74 Å². The van der Waals surface area contributed by atoms with E-state index in [-0.39, 0.29) is 49.5 Å². The van der Waals surface area contributed by atoms with Crippen molar-refractivity contribution in [1.29, 1.82) is 0 Å². The standard InChI is InChI=1S/C20H32F6O/c1-14-5-6-18(4,20(24,25)26)11-15(14)12-27-13-16(2)7-9-17(3,10-8-16)19(21,22)23/h14-15H,5-13H2,1-4H3/t14-,15?,16-,17+,18-/m0/s1. The number of alkyl halides is 6. The van der Waals surface area contributed by atoms with Gasteiger partial charge in [0, 0.05) is 6.61 Å². The monoisotopic (exact) mass is 402 g/mol. The van der Waals surface area contributed by atoms with E-state index in [0.29, 0.717) is 25.9 Å². The van der Waals surface area contributed by atoms with Gasteiger partial charge in [0.25, 0.3) is 0 Å². The third-order valence-corrected chi connectivity index (χ3v) is 7.38. The Morgan fingerprint density at radius 2 is 1.33 bits per heavy atom. The third kappa shape index (κ3) is 4.94. The molecule has 0 bridgehead atoms. The molecule has 7 heteroatoms. The van der Waals surface area contributed by atoms with Gasteiger partial charge in [0.2, 0.25) is 0 Å². The van der Waals surface area contributed by atoms with Gasteiger partial charge in [-0.2, -0.15) is 26.3 Å². The van der Waals surface area contributed by atoms with Crippen molar-refractivity contribution in [3.63, 3.8) is 0 Å². The van der Waals surface area contributed by atoms with Crippen LogP contribution in [0.1, 0.15) is 72.6 Å². The maximum absolute atomic E-state index is 13.3. The van der Waals surface area contributed by atoms with Crippen LogP contribution in [-0.2, 0) is 4.74 Å². The van der Waals surface area contributed by atoms with Crippen molar-refractivity contribution in [3.8, 4) is 0 Å². The average molecular weight is 402 g/mol. The largest absolute Gasteiger partial charge is 0.394 e. The number of ether oxygens (including phenoxy) is 1. The zero-order valence-corrected chi connectivity index (χ0v) is 16.7. The molecule has 0 aromatic carbocycles. The summed E-state index contributed by atoms with van der Waals surface area (Å²) in [6, 6.07) is 0. The first-order chi connectivity index (χ1) is 12.1. The Morgan fingerprint density at radius 1 is 0.815 bits per heavy atom. The number of halogens is 6. The summed E-state index contributed by atoms with van der Waals surface area (Å²) in [6.07, 6.45) is -6.72. The average Bonchev–Trinajstić information content (AvgIpc) is 2.52. The van der Waals surface area contributed by atoms with Gasteiger partial charge in [0.15, 0.2) is 0 Å². The van der Waals surface area contributed by atoms with Crippen molar-refractivity contribution in [2.24, 2.45) is 28.1 Å². The van der Waals surface area contributed by atoms with Crippen molar-refractivity contribution < 1.29 is 31.1 Å². The molecule has 3 atom stereocenters. The van der Waals surface area contributed by atoms with Crippen molar-refractivity contribution in [2.75, 3.05) is 13.2 Å². The van der Waals surface area contributed by atoms with Crippen LogP contribution in [-0.4, -0.2) is 25.6 Å². The quantitative estimate of drug-likeness (QED) is 0.454. The Balaban J connectivity index is 1.87. The summed E-state index contributed by atoms with van der Waals surface area (Å²) in [5.74, 6) is -0.00823. The van der Waals surface area contributed by atoms with Gasteiger partial charge >= 0.3 is 12.4 Å². The Morgan fingerprint density at radius 3 is 1.81 bits per heavy atom. The van der Waals surface area contributed by atoms with Crippen LogP contribution in [0.15, 0.2) is 0 Å². The molecular formula is C20H32F6O. The van der Waals surface area contributed by atoms with E-state index in [2.05, 4.69) is 0 Å². The van der Waals surface area contributed by atoms with Crippen LogP contribution in [0.2, 0.25) is 0 Å². The van der Waals surface area contributed by atoms with E-state index in [9.17, 15) is 26.3 Å². The number of rotatable bonds is 4. The summed E-state index contributed by atoms with van der Waals surface area (Å²) < 4.78 is 85.3. The zero-order chi connectivity index (χ0) is 20.7. The molecule has 27 heavy (non-hydrogen) atoms. The highest BCUT2D eigenvalue weighted by atomic mass is 19.4. The fourth-order valence-corrected chi connectivity index (χ4v) is 4.43. The van der Waals surface area contributed by atoms with Gasteiger partial charge in [-0.1, -0.05) is 27.7 Å². The van der Waals surface area contributed by atoms with Crippen molar-refractivity contribution in [1.82, 2.24) is 0 Å². The van der Waals surface area contributed by atoms with Gasteiger partial charge in [-0.15, -0.1) is 0 Å². The molecule has 2 aliphatic rings. The normalized spacial score (nSPS) is 41.6. The molecule has 2 aliphatic carbocycles. The topological polar surface area (TPSA) is 9.23 Å². The van der Waals surface area contributed by atoms with E-state index < -0.39 is 23.2 Å². The fourth-order valence-electron chi connectivity index (χ4n) is 4.43. The zero-order valence-electron chi connectivity index (χ0n) is 16.7. The molecule has 2 fully saturated rings. The molecule has 0 saturated heterocycles. The predicted molar refractivity (Wildman–Crippen MR) is 92.2 cm³/mol. The second-order valence-corrected chi connectivity index (χ2v) is 9.92. The van der Waals surface area contributed by atoms with Gasteiger partial charge in [0.1, 0.15) is 0 Å². The van der Waals surface area contributed by atoms with Crippen LogP contribution in [0.5, 0.6) is 0 Å². The van der Waals surface area contributed by atoms with Crippen LogP contribution in [0.3, 0.4) is 0 Å². The Hall–Kier alpha value is -0.460. The molecule has 0 aromatic rings. The lowest BCUT2D eigenvalue weighted by atomic mass is 9.65. The summed E-state index contributed by atoms with van der Waals surface area (Å²) >= 11 is 0. The van der Waals surface area contributed by atoms with E-state index in [0.717, 1.165) is 0 Å². The first kappa shape index (κ1) is 22.8. The second-order valence-electron chi connectivity index (χ2n) is 9.92. The van der Waals surface area contributed by atoms with Gasteiger partial charge in [0.05, 0.1) is 17.4 Å². The first-order valence-corrected chi connectivity index (χ1v) is 9.82. The minimum absolute atomic E-state index is 0.0561. The Labute approximate surface area is 158 Å². The minimum atomic E-state index is -4.22. The number of hydrogen-bond donors (Lipinski definition) is 0. The maximum Gasteiger partial charge on any atom is 0.394 e. The molecule has 0 aliphatic heterocycles. The van der Waals surface area contributed by atoms with Crippen molar-refractivity contribution in [3.05, 3.63) is 0 Å². The van der Waals surface area contributed by atoms with Gasteiger partial charge in [-0.05, 0) is 62.2 Å². The summed E-state index contributed by atoms with van der Waals surface area (Å²) in [7, 11) is 0. The molecule has 2 rings (SSSR count). The van der Waals surface area contributed by atoms with E-state index >= 15 is 0 Å². The highest BCUT2D eigenvalue weighted by molar-refractivity contribution is 4.93. The van der Waals surface area contributed by atoms with Crippen LogP contribution in [0.25, 0.3) is 0 Å². The summed E-state index contributed by atoms with van der Waals surface area (Å²) in [5, 5.41) is 0. The van der Waals surface area contributed by atoms with Crippen molar-refractivity contribution in [2.45, 2.75) is 85.0 Å². The Kier molecular flexibility index (Phi) is 6.27. The van der Waals surface area contributed by atoms with Crippen LogP contribution < -0.4 is 0 Å². The molecule has 160 valence electrons. The van der Waals surface area contributed by atoms with Crippen molar-refractivity contribution >= 4 is 0 Å². The smallest absolute Gasteiger partial charge is 0.381 e. The summed E-state index contributed by atoms with van der Waals surface area (Å²) in [5.41, 5.74) is -3.65. The lowest BCUT2D eigenvalue weighted by Crippen LogP contribution is -2.44. The summed E-state index contributed by atoms with van der Waals surface area (Å²) in [6.45, 7) is 7.00. The molecule has 0 spiro atoms. The maximum atomic E-state index is 13.3. The SMILES string of the molecule is C[C@H]1CC[C@](C)(C(F)(F)F)CC1COC[C@]1(C)CC[C@](C)(C(F)(F)F)CC1. The third-order valence-electron chi connectivity index (χ3n) is 7.38. The molecule has 0 N–H and O–H groups in total. The van der Waals surface area contributed by atoms with Gasteiger partial charge < -0.3 is 4.74 Å². The van der Waals surface area contributed by atoms with Crippen LogP contribution in [0, 0.1) is 28.1 Å². The molecule has 0 amide bonds. The second kappa shape index (κ2) is 7.42. The highest BCUT2D eigenvalue weighted by Gasteiger charge is 2.55. The molecule has 0 heterocycles. The molecule has 2 saturated carbocycles. The van der Waals surface area contributed by atoms with E-state index in [1.807, 2.05) is 13.8 Å². The lowest BCUT2D eigenvalue weighted by molar-refractivity contribution is -0.239. The molecule has 0 radical (unpaired) electrons. The number of hydrogen-bond acceptors (Lipinski definition) is 1. The lowest BCUT2D eigenvalue weighted by Gasteiger charge is -2.45. The summed E-state index contributed by atoms with van der Waals surface area (Å²) in [4.78, 5) is 0. The highest BCUT2D eigenvalue weighted by Crippen LogP contribution is 2.54.